The maximum atomic E-state index is 5.87. The van der Waals surface area contributed by atoms with E-state index >= 15 is 0 Å². The van der Waals surface area contributed by atoms with Crippen LogP contribution in [-0.2, 0) is 16.9 Å². The van der Waals surface area contributed by atoms with Crippen LogP contribution in [-0.4, -0.2) is 52.3 Å². The van der Waals surface area contributed by atoms with Crippen molar-refractivity contribution in [2.45, 2.75) is 25.0 Å². The highest BCUT2D eigenvalue weighted by molar-refractivity contribution is 5.45. The first-order chi connectivity index (χ1) is 13.7. The second-order valence-electron chi connectivity index (χ2n) is 6.80. The first-order valence-electron chi connectivity index (χ1n) is 9.24. The standard InChI is InChI=1S/C20H23N5O3/c1-26-17-6-4-3-5-15(17)14-25-11-7-20(27-2,8-12-25)19-23-18(24-28-19)16-13-21-9-10-22-16/h3-6,9-10,13H,7-8,11-12,14H2,1-2H3. The quantitative estimate of drug-likeness (QED) is 0.644. The van der Waals surface area contributed by atoms with Gasteiger partial charge < -0.3 is 14.0 Å². The Morgan fingerprint density at radius 2 is 1.96 bits per heavy atom. The van der Waals surface area contributed by atoms with Crippen molar-refractivity contribution in [1.29, 1.82) is 0 Å². The number of ether oxygens (including phenoxy) is 2. The second-order valence-corrected chi connectivity index (χ2v) is 6.80. The largest absolute Gasteiger partial charge is 0.496 e. The van der Waals surface area contributed by atoms with Crippen LogP contribution < -0.4 is 4.74 Å². The van der Waals surface area contributed by atoms with E-state index in [1.165, 1.54) is 5.56 Å². The highest BCUT2D eigenvalue weighted by Gasteiger charge is 2.41. The summed E-state index contributed by atoms with van der Waals surface area (Å²) in [5, 5.41) is 4.07. The topological polar surface area (TPSA) is 86.4 Å². The molecule has 1 aliphatic rings. The van der Waals surface area contributed by atoms with Gasteiger partial charge in [0.2, 0.25) is 5.82 Å². The number of piperidine rings is 1. The zero-order chi connectivity index (χ0) is 19.4. The molecule has 0 unspecified atom stereocenters. The predicted octanol–water partition coefficient (Wildman–Crippen LogP) is 2.67. The molecule has 0 aliphatic carbocycles. The zero-order valence-electron chi connectivity index (χ0n) is 16.0. The summed E-state index contributed by atoms with van der Waals surface area (Å²) in [7, 11) is 3.40. The molecule has 0 saturated carbocycles. The van der Waals surface area contributed by atoms with Gasteiger partial charge in [0.25, 0.3) is 5.89 Å². The van der Waals surface area contributed by atoms with Crippen LogP contribution in [0.25, 0.3) is 11.5 Å². The summed E-state index contributed by atoms with van der Waals surface area (Å²) < 4.78 is 16.9. The van der Waals surface area contributed by atoms with Crippen molar-refractivity contribution in [2.24, 2.45) is 0 Å². The number of likely N-dealkylation sites (tertiary alicyclic amines) is 1. The predicted molar refractivity (Wildman–Crippen MR) is 102 cm³/mol. The van der Waals surface area contributed by atoms with Crippen LogP contribution in [0.2, 0.25) is 0 Å². The van der Waals surface area contributed by atoms with Gasteiger partial charge >= 0.3 is 0 Å². The molecule has 8 heteroatoms. The van der Waals surface area contributed by atoms with Gasteiger partial charge in [-0.15, -0.1) is 0 Å². The molecular weight excluding hydrogens is 358 g/mol. The van der Waals surface area contributed by atoms with Gasteiger partial charge in [-0.25, -0.2) is 4.98 Å². The Hall–Kier alpha value is -2.84. The van der Waals surface area contributed by atoms with Crippen LogP contribution >= 0.6 is 0 Å². The van der Waals surface area contributed by atoms with Gasteiger partial charge in [-0.3, -0.25) is 9.88 Å². The van der Waals surface area contributed by atoms with Crippen LogP contribution in [0, 0.1) is 0 Å². The van der Waals surface area contributed by atoms with Crippen LogP contribution in [0.5, 0.6) is 5.75 Å². The number of para-hydroxylation sites is 1. The summed E-state index contributed by atoms with van der Waals surface area (Å²) in [6.45, 7) is 2.54. The summed E-state index contributed by atoms with van der Waals surface area (Å²) in [5.41, 5.74) is 1.18. The number of nitrogens with zero attached hydrogens (tertiary/aromatic N) is 5. The van der Waals surface area contributed by atoms with Crippen molar-refractivity contribution >= 4 is 0 Å². The summed E-state index contributed by atoms with van der Waals surface area (Å²) in [4.78, 5) is 15.2. The van der Waals surface area contributed by atoms with Gasteiger partial charge in [0.1, 0.15) is 17.0 Å². The zero-order valence-corrected chi connectivity index (χ0v) is 16.0. The van der Waals surface area contributed by atoms with Crippen LogP contribution in [0.3, 0.4) is 0 Å². The SMILES string of the molecule is COc1ccccc1CN1CCC(OC)(c2nc(-c3cnccn3)no2)CC1. The Bertz CT molecular complexity index is 907. The highest BCUT2D eigenvalue weighted by Crippen LogP contribution is 2.36. The van der Waals surface area contributed by atoms with E-state index in [2.05, 4.69) is 31.1 Å². The lowest BCUT2D eigenvalue weighted by atomic mass is 9.90. The fraction of sp³-hybridized carbons (Fsp3) is 0.400. The van der Waals surface area contributed by atoms with Crippen LogP contribution in [0.4, 0.5) is 0 Å². The Labute approximate surface area is 163 Å². The van der Waals surface area contributed by atoms with E-state index in [9.17, 15) is 0 Å². The van der Waals surface area contributed by atoms with Crippen molar-refractivity contribution in [2.75, 3.05) is 27.3 Å². The smallest absolute Gasteiger partial charge is 0.259 e. The number of aromatic nitrogens is 4. The van der Waals surface area contributed by atoms with Gasteiger partial charge in [-0.1, -0.05) is 23.4 Å². The van der Waals surface area contributed by atoms with Crippen molar-refractivity contribution < 1.29 is 14.0 Å². The molecule has 1 aliphatic heterocycles. The lowest BCUT2D eigenvalue weighted by molar-refractivity contribution is -0.0839. The minimum atomic E-state index is -0.579. The molecule has 2 aromatic heterocycles. The Morgan fingerprint density at radius 1 is 1.14 bits per heavy atom. The maximum Gasteiger partial charge on any atom is 0.259 e. The highest BCUT2D eigenvalue weighted by atomic mass is 16.5. The molecule has 1 fully saturated rings. The molecule has 28 heavy (non-hydrogen) atoms. The van der Waals surface area contributed by atoms with Crippen molar-refractivity contribution in [3.8, 4) is 17.3 Å². The minimum Gasteiger partial charge on any atom is -0.496 e. The van der Waals surface area contributed by atoms with Crippen LogP contribution in [0.15, 0.2) is 47.4 Å². The minimum absolute atomic E-state index is 0.427. The lowest BCUT2D eigenvalue weighted by Crippen LogP contribution is -2.43. The van der Waals surface area contributed by atoms with E-state index in [4.69, 9.17) is 14.0 Å². The first kappa shape index (κ1) is 18.5. The molecule has 1 saturated heterocycles. The van der Waals surface area contributed by atoms with Crippen molar-refractivity contribution in [3.63, 3.8) is 0 Å². The third-order valence-electron chi connectivity index (χ3n) is 5.25. The van der Waals surface area contributed by atoms with Gasteiger partial charge in [0.15, 0.2) is 0 Å². The molecule has 0 N–H and O–H groups in total. The van der Waals surface area contributed by atoms with Crippen LogP contribution in [0.1, 0.15) is 24.3 Å². The van der Waals surface area contributed by atoms with Gasteiger partial charge in [0, 0.05) is 44.7 Å². The van der Waals surface area contributed by atoms with Crippen molar-refractivity contribution in [1.82, 2.24) is 25.0 Å². The van der Waals surface area contributed by atoms with E-state index in [-0.39, 0.29) is 0 Å². The molecule has 0 bridgehead atoms. The molecular formula is C20H23N5O3. The third-order valence-corrected chi connectivity index (χ3v) is 5.25. The number of rotatable bonds is 6. The van der Waals surface area contributed by atoms with Gasteiger partial charge in [-0.05, 0) is 18.9 Å². The normalized spacial score (nSPS) is 16.8. The summed E-state index contributed by atoms with van der Waals surface area (Å²) in [5.74, 6) is 1.83. The molecule has 8 nitrogen and oxygen atoms in total. The molecule has 146 valence electrons. The molecule has 0 radical (unpaired) electrons. The average molecular weight is 381 g/mol. The Balaban J connectivity index is 1.47. The second kappa shape index (κ2) is 8.04. The Morgan fingerprint density at radius 3 is 2.68 bits per heavy atom. The summed E-state index contributed by atoms with van der Waals surface area (Å²) in [6, 6.07) is 8.11. The Kier molecular flexibility index (Phi) is 5.31. The molecule has 4 rings (SSSR count). The molecule has 0 spiro atoms. The summed E-state index contributed by atoms with van der Waals surface area (Å²) >= 11 is 0. The molecule has 0 amide bonds. The van der Waals surface area contributed by atoms with E-state index in [1.807, 2.05) is 18.2 Å². The first-order valence-corrected chi connectivity index (χ1v) is 9.24. The van der Waals surface area contributed by atoms with E-state index in [0.29, 0.717) is 17.4 Å². The van der Waals surface area contributed by atoms with Crippen molar-refractivity contribution in [3.05, 3.63) is 54.3 Å². The molecule has 3 aromatic rings. The monoisotopic (exact) mass is 381 g/mol. The number of benzene rings is 1. The number of hydrogen-bond donors (Lipinski definition) is 0. The van der Waals surface area contributed by atoms with E-state index in [0.717, 1.165) is 38.2 Å². The molecule has 3 heterocycles. The lowest BCUT2D eigenvalue weighted by Gasteiger charge is -2.38. The molecule has 1 aromatic carbocycles. The van der Waals surface area contributed by atoms with Gasteiger partial charge in [-0.2, -0.15) is 4.98 Å². The maximum absolute atomic E-state index is 5.87. The fourth-order valence-electron chi connectivity index (χ4n) is 3.58. The van der Waals surface area contributed by atoms with E-state index < -0.39 is 5.60 Å². The third kappa shape index (κ3) is 3.61. The average Bonchev–Trinajstić information content (AvgIpc) is 3.26. The summed E-state index contributed by atoms with van der Waals surface area (Å²) in [6.07, 6.45) is 6.36. The fourth-order valence-corrected chi connectivity index (χ4v) is 3.58. The number of methoxy groups -OCH3 is 2. The molecule has 0 atom stereocenters. The van der Waals surface area contributed by atoms with Gasteiger partial charge in [0.05, 0.1) is 13.3 Å². The number of hydrogen-bond acceptors (Lipinski definition) is 8. The van der Waals surface area contributed by atoms with E-state index in [1.54, 1.807) is 32.8 Å².